The third-order valence-electron chi connectivity index (χ3n) is 7.23. The van der Waals surface area contributed by atoms with Crippen molar-refractivity contribution >= 4 is 11.8 Å². The summed E-state index contributed by atoms with van der Waals surface area (Å²) in [6.07, 6.45) is 5.43. The molecule has 6 heteroatoms. The van der Waals surface area contributed by atoms with Gasteiger partial charge in [0.05, 0.1) is 19.3 Å². The zero-order chi connectivity index (χ0) is 21.0. The molecule has 0 aromatic heterocycles. The van der Waals surface area contributed by atoms with Crippen molar-refractivity contribution in [2.45, 2.75) is 44.6 Å². The molecule has 1 atom stereocenters. The van der Waals surface area contributed by atoms with Gasteiger partial charge in [0.1, 0.15) is 0 Å². The van der Waals surface area contributed by atoms with Crippen LogP contribution < -0.4 is 0 Å². The van der Waals surface area contributed by atoms with E-state index >= 15 is 0 Å². The van der Waals surface area contributed by atoms with Gasteiger partial charge in [-0.15, -0.1) is 0 Å². The molecule has 1 aromatic rings. The van der Waals surface area contributed by atoms with Crippen molar-refractivity contribution < 1.29 is 14.3 Å². The van der Waals surface area contributed by atoms with E-state index in [1.165, 1.54) is 5.56 Å². The zero-order valence-electron chi connectivity index (χ0n) is 18.2. The number of carbonyl (C=O) groups is 2. The Morgan fingerprint density at radius 2 is 1.73 bits per heavy atom. The lowest BCUT2D eigenvalue weighted by Crippen LogP contribution is -2.48. The Morgan fingerprint density at radius 1 is 1.03 bits per heavy atom. The van der Waals surface area contributed by atoms with Crippen molar-refractivity contribution in [1.29, 1.82) is 0 Å². The van der Waals surface area contributed by atoms with Gasteiger partial charge in [-0.1, -0.05) is 30.3 Å². The first-order valence-corrected chi connectivity index (χ1v) is 11.4. The van der Waals surface area contributed by atoms with E-state index in [9.17, 15) is 9.59 Å². The fourth-order valence-electron chi connectivity index (χ4n) is 5.38. The maximum atomic E-state index is 13.0. The molecule has 164 valence electrons. The highest BCUT2D eigenvalue weighted by Gasteiger charge is 2.47. The number of carbonyl (C=O) groups excluding carboxylic acids is 2. The van der Waals surface area contributed by atoms with Crippen LogP contribution in [0, 0.1) is 5.41 Å². The molecule has 0 N–H and O–H groups in total. The van der Waals surface area contributed by atoms with Gasteiger partial charge < -0.3 is 14.5 Å². The Hall–Kier alpha value is -1.92. The number of aryl methyl sites for hydroxylation is 1. The average Bonchev–Trinajstić information content (AvgIpc) is 3.10. The second kappa shape index (κ2) is 9.48. The normalized spacial score (nSPS) is 24.4. The molecular formula is C24H35N3O3. The molecule has 3 aliphatic heterocycles. The van der Waals surface area contributed by atoms with Gasteiger partial charge in [-0.05, 0) is 50.1 Å². The van der Waals surface area contributed by atoms with Gasteiger partial charge in [0.15, 0.2) is 0 Å². The fraction of sp³-hybridized carbons (Fsp3) is 0.667. The molecule has 30 heavy (non-hydrogen) atoms. The van der Waals surface area contributed by atoms with Crippen molar-refractivity contribution in [3.05, 3.63) is 35.9 Å². The summed E-state index contributed by atoms with van der Waals surface area (Å²) in [6, 6.07) is 10.4. The number of likely N-dealkylation sites (tertiary alicyclic amines) is 2. The van der Waals surface area contributed by atoms with E-state index in [2.05, 4.69) is 36.2 Å². The molecule has 3 aliphatic rings. The van der Waals surface area contributed by atoms with Crippen molar-refractivity contribution in [2.24, 2.45) is 5.41 Å². The molecule has 6 nitrogen and oxygen atoms in total. The maximum absolute atomic E-state index is 13.0. The summed E-state index contributed by atoms with van der Waals surface area (Å²) < 4.78 is 5.39. The van der Waals surface area contributed by atoms with Crippen LogP contribution in [0.2, 0.25) is 0 Å². The summed E-state index contributed by atoms with van der Waals surface area (Å²) >= 11 is 0. The van der Waals surface area contributed by atoms with E-state index in [4.69, 9.17) is 4.74 Å². The van der Waals surface area contributed by atoms with Gasteiger partial charge in [0.2, 0.25) is 11.8 Å². The number of nitrogens with zero attached hydrogens (tertiary/aromatic N) is 3. The molecule has 3 fully saturated rings. The van der Waals surface area contributed by atoms with Crippen molar-refractivity contribution in [1.82, 2.24) is 14.7 Å². The highest BCUT2D eigenvalue weighted by Crippen LogP contribution is 2.43. The summed E-state index contributed by atoms with van der Waals surface area (Å²) in [5, 5.41) is 0. The molecule has 0 bridgehead atoms. The molecule has 1 unspecified atom stereocenters. The van der Waals surface area contributed by atoms with Crippen molar-refractivity contribution in [3.8, 4) is 0 Å². The Morgan fingerprint density at radius 3 is 2.43 bits per heavy atom. The van der Waals surface area contributed by atoms with Crippen LogP contribution in [0.1, 0.15) is 37.7 Å². The number of hydrogen-bond acceptors (Lipinski definition) is 4. The minimum absolute atomic E-state index is 0.0174. The molecule has 3 heterocycles. The van der Waals surface area contributed by atoms with Gasteiger partial charge in [-0.3, -0.25) is 14.5 Å². The zero-order valence-corrected chi connectivity index (χ0v) is 18.2. The molecule has 2 amide bonds. The second-order valence-electron chi connectivity index (χ2n) is 9.29. The quantitative estimate of drug-likeness (QED) is 0.743. The van der Waals surface area contributed by atoms with Gasteiger partial charge in [-0.2, -0.15) is 0 Å². The minimum Gasteiger partial charge on any atom is -0.378 e. The number of benzene rings is 1. The Bertz CT molecular complexity index is 724. The SMILES string of the molecule is CN1CC2(CCN(C(=O)CCCc3ccccc3)CC2)CC1C(=O)N1CCOCC1. The number of hydrogen-bond donors (Lipinski definition) is 0. The summed E-state index contributed by atoms with van der Waals surface area (Å²) in [6.45, 7) is 5.34. The van der Waals surface area contributed by atoms with Crippen molar-refractivity contribution in [3.63, 3.8) is 0 Å². The van der Waals surface area contributed by atoms with Crippen molar-refractivity contribution in [2.75, 3.05) is 53.0 Å². The van der Waals surface area contributed by atoms with E-state index in [1.807, 2.05) is 15.9 Å². The Labute approximate surface area is 180 Å². The van der Waals surface area contributed by atoms with E-state index in [1.54, 1.807) is 0 Å². The van der Waals surface area contributed by atoms with E-state index < -0.39 is 0 Å². The lowest BCUT2D eigenvalue weighted by atomic mass is 9.76. The first-order chi connectivity index (χ1) is 14.6. The number of piperidine rings is 1. The van der Waals surface area contributed by atoms with Crippen LogP contribution in [0.3, 0.4) is 0 Å². The van der Waals surface area contributed by atoms with E-state index in [0.717, 1.165) is 51.7 Å². The molecule has 1 aromatic carbocycles. The molecule has 3 saturated heterocycles. The van der Waals surface area contributed by atoms with Gasteiger partial charge in [0.25, 0.3) is 0 Å². The predicted octanol–water partition coefficient (Wildman–Crippen LogP) is 2.18. The topological polar surface area (TPSA) is 53.1 Å². The van der Waals surface area contributed by atoms with Gasteiger partial charge in [0, 0.05) is 39.1 Å². The minimum atomic E-state index is -0.0174. The maximum Gasteiger partial charge on any atom is 0.240 e. The highest BCUT2D eigenvalue weighted by atomic mass is 16.5. The smallest absolute Gasteiger partial charge is 0.240 e. The fourth-order valence-corrected chi connectivity index (χ4v) is 5.38. The first kappa shape index (κ1) is 21.3. The molecule has 0 saturated carbocycles. The van der Waals surface area contributed by atoms with Crippen LogP contribution in [-0.4, -0.2) is 85.5 Å². The van der Waals surface area contributed by atoms with Crippen LogP contribution in [-0.2, 0) is 20.7 Å². The highest BCUT2D eigenvalue weighted by molar-refractivity contribution is 5.82. The lowest BCUT2D eigenvalue weighted by molar-refractivity contribution is -0.140. The Kier molecular flexibility index (Phi) is 6.74. The van der Waals surface area contributed by atoms with Gasteiger partial charge >= 0.3 is 0 Å². The van der Waals surface area contributed by atoms with Crippen LogP contribution in [0.4, 0.5) is 0 Å². The predicted molar refractivity (Wildman–Crippen MR) is 116 cm³/mol. The van der Waals surface area contributed by atoms with Crippen LogP contribution in [0.5, 0.6) is 0 Å². The van der Waals surface area contributed by atoms with Gasteiger partial charge in [-0.25, -0.2) is 0 Å². The monoisotopic (exact) mass is 413 g/mol. The number of morpholine rings is 1. The summed E-state index contributed by atoms with van der Waals surface area (Å²) in [5.41, 5.74) is 1.48. The lowest BCUT2D eigenvalue weighted by Gasteiger charge is -2.39. The first-order valence-electron chi connectivity index (χ1n) is 11.4. The molecule has 1 spiro atoms. The van der Waals surface area contributed by atoms with Crippen LogP contribution >= 0.6 is 0 Å². The third kappa shape index (κ3) is 4.86. The number of amides is 2. The molecule has 0 radical (unpaired) electrons. The summed E-state index contributed by atoms with van der Waals surface area (Å²) in [5.74, 6) is 0.546. The van der Waals surface area contributed by atoms with Crippen LogP contribution in [0.15, 0.2) is 30.3 Å². The summed E-state index contributed by atoms with van der Waals surface area (Å²) in [7, 11) is 2.08. The third-order valence-corrected chi connectivity index (χ3v) is 7.23. The van der Waals surface area contributed by atoms with Crippen LogP contribution in [0.25, 0.3) is 0 Å². The molecule has 0 aliphatic carbocycles. The number of ether oxygens (including phenoxy) is 1. The number of likely N-dealkylation sites (N-methyl/N-ethyl adjacent to an activating group) is 1. The molecule has 4 rings (SSSR count). The number of rotatable bonds is 5. The Balaban J connectivity index is 1.24. The standard InChI is InChI=1S/C24H35N3O3/c1-25-19-24(18-21(25)23(29)27-14-16-30-17-15-27)10-12-26(13-11-24)22(28)9-5-8-20-6-3-2-4-7-20/h2-4,6-7,21H,5,8-19H2,1H3. The molecular weight excluding hydrogens is 378 g/mol. The van der Waals surface area contributed by atoms with E-state index in [0.29, 0.717) is 32.7 Å². The summed E-state index contributed by atoms with van der Waals surface area (Å²) in [4.78, 5) is 31.9. The van der Waals surface area contributed by atoms with E-state index in [-0.39, 0.29) is 23.3 Å². The largest absolute Gasteiger partial charge is 0.378 e. The second-order valence-corrected chi connectivity index (χ2v) is 9.29. The average molecular weight is 414 g/mol.